The Labute approximate surface area is 116 Å². The van der Waals surface area contributed by atoms with Gasteiger partial charge in [-0.25, -0.2) is 0 Å². The zero-order valence-electron chi connectivity index (χ0n) is 12.3. The van der Waals surface area contributed by atoms with Gasteiger partial charge in [0.2, 0.25) is 0 Å². The van der Waals surface area contributed by atoms with Crippen LogP contribution in [-0.4, -0.2) is 11.9 Å². The quantitative estimate of drug-likeness (QED) is 0.879. The molecule has 1 aromatic carbocycles. The maximum Gasteiger partial charge on any atom is 0.251 e. The van der Waals surface area contributed by atoms with Crippen LogP contribution in [0.5, 0.6) is 0 Å². The number of rotatable bonds is 3. The van der Waals surface area contributed by atoms with E-state index in [0.717, 1.165) is 18.4 Å². The molecule has 1 fully saturated rings. The molecule has 0 spiro atoms. The van der Waals surface area contributed by atoms with Gasteiger partial charge >= 0.3 is 0 Å². The number of nitrogens with one attached hydrogen (secondary N) is 1. The van der Waals surface area contributed by atoms with Gasteiger partial charge in [0.05, 0.1) is 0 Å². The van der Waals surface area contributed by atoms with Crippen LogP contribution in [0.1, 0.15) is 56.0 Å². The van der Waals surface area contributed by atoms with Crippen LogP contribution in [0.15, 0.2) is 24.3 Å². The molecule has 104 valence electrons. The van der Waals surface area contributed by atoms with Crippen molar-refractivity contribution in [1.82, 2.24) is 5.32 Å². The molecule has 0 aliphatic heterocycles. The molecule has 0 saturated heterocycles. The monoisotopic (exact) mass is 259 g/mol. The van der Waals surface area contributed by atoms with Gasteiger partial charge in [-0.2, -0.15) is 0 Å². The van der Waals surface area contributed by atoms with Gasteiger partial charge in [-0.1, -0.05) is 45.7 Å². The maximum atomic E-state index is 12.3. The summed E-state index contributed by atoms with van der Waals surface area (Å²) in [5.74, 6) is 1.36. The fraction of sp³-hybridized carbons (Fsp3) is 0.588. The first kappa shape index (κ1) is 14.1. The number of hydrogen-bond donors (Lipinski definition) is 1. The van der Waals surface area contributed by atoms with Crippen molar-refractivity contribution in [2.45, 2.75) is 52.5 Å². The highest BCUT2D eigenvalue weighted by Gasteiger charge is 2.28. The second kappa shape index (κ2) is 6.23. The molecule has 0 unspecified atom stereocenters. The number of carbonyl (C=O) groups is 1. The Kier molecular flexibility index (Phi) is 4.62. The van der Waals surface area contributed by atoms with E-state index in [1.807, 2.05) is 24.3 Å². The first-order valence-electron chi connectivity index (χ1n) is 7.51. The number of benzene rings is 1. The van der Waals surface area contributed by atoms with Crippen molar-refractivity contribution in [3.05, 3.63) is 35.4 Å². The summed E-state index contributed by atoms with van der Waals surface area (Å²) in [7, 11) is 0. The van der Waals surface area contributed by atoms with E-state index < -0.39 is 0 Å². The maximum absolute atomic E-state index is 12.3. The minimum absolute atomic E-state index is 0.0774. The van der Waals surface area contributed by atoms with Gasteiger partial charge in [0.25, 0.3) is 5.91 Å². The van der Waals surface area contributed by atoms with Crippen molar-refractivity contribution in [3.8, 4) is 0 Å². The van der Waals surface area contributed by atoms with E-state index in [4.69, 9.17) is 0 Å². The molecule has 1 saturated carbocycles. The van der Waals surface area contributed by atoms with E-state index in [0.29, 0.717) is 17.9 Å². The normalized spacial score (nSPS) is 27.0. The molecular formula is C17H25NO. The Morgan fingerprint density at radius 3 is 2.53 bits per heavy atom. The van der Waals surface area contributed by atoms with E-state index in [9.17, 15) is 4.79 Å². The zero-order valence-corrected chi connectivity index (χ0v) is 12.3. The topological polar surface area (TPSA) is 29.1 Å². The second-order valence-corrected chi connectivity index (χ2v) is 5.90. The van der Waals surface area contributed by atoms with Crippen molar-refractivity contribution < 1.29 is 4.79 Å². The lowest BCUT2D eigenvalue weighted by Crippen LogP contribution is -2.43. The van der Waals surface area contributed by atoms with Crippen LogP contribution in [0, 0.1) is 11.8 Å². The molecule has 1 aromatic rings. The standard InChI is InChI=1S/C17H25NO/c1-4-14-8-10-15(11-9-14)17(19)18-16-7-5-6-12(2)13(16)3/h8-13,16H,4-7H2,1-3H3,(H,18,19)/t12-,13+,16-/m1/s1. The van der Waals surface area contributed by atoms with Crippen LogP contribution in [0.3, 0.4) is 0 Å². The van der Waals surface area contributed by atoms with E-state index in [-0.39, 0.29) is 5.91 Å². The average Bonchev–Trinajstić information content (AvgIpc) is 2.44. The molecule has 0 bridgehead atoms. The third kappa shape index (κ3) is 3.37. The summed E-state index contributed by atoms with van der Waals surface area (Å²) in [5, 5.41) is 3.21. The lowest BCUT2D eigenvalue weighted by Gasteiger charge is -2.34. The summed E-state index contributed by atoms with van der Waals surface area (Å²) in [6, 6.07) is 8.29. The van der Waals surface area contributed by atoms with Crippen LogP contribution in [0.2, 0.25) is 0 Å². The first-order chi connectivity index (χ1) is 9.11. The second-order valence-electron chi connectivity index (χ2n) is 5.90. The highest BCUT2D eigenvalue weighted by Crippen LogP contribution is 2.29. The average molecular weight is 259 g/mol. The molecule has 0 heterocycles. The largest absolute Gasteiger partial charge is 0.349 e. The van der Waals surface area contributed by atoms with Gasteiger partial charge in [-0.15, -0.1) is 0 Å². The van der Waals surface area contributed by atoms with Gasteiger partial charge in [-0.3, -0.25) is 4.79 Å². The van der Waals surface area contributed by atoms with E-state index in [2.05, 4.69) is 26.1 Å². The Bertz CT molecular complexity index is 423. The number of amides is 1. The van der Waals surface area contributed by atoms with Crippen LogP contribution in [-0.2, 0) is 6.42 Å². The van der Waals surface area contributed by atoms with Crippen molar-refractivity contribution in [3.63, 3.8) is 0 Å². The van der Waals surface area contributed by atoms with Crippen molar-refractivity contribution in [2.75, 3.05) is 0 Å². The molecule has 2 heteroatoms. The third-order valence-electron chi connectivity index (χ3n) is 4.65. The Morgan fingerprint density at radius 2 is 1.89 bits per heavy atom. The summed E-state index contributed by atoms with van der Waals surface area (Å²) in [5.41, 5.74) is 2.05. The number of aryl methyl sites for hydroxylation is 1. The third-order valence-corrected chi connectivity index (χ3v) is 4.65. The highest BCUT2D eigenvalue weighted by molar-refractivity contribution is 5.94. The fourth-order valence-electron chi connectivity index (χ4n) is 2.93. The van der Waals surface area contributed by atoms with Crippen LogP contribution >= 0.6 is 0 Å². The molecule has 1 N–H and O–H groups in total. The summed E-state index contributed by atoms with van der Waals surface area (Å²) in [6.45, 7) is 6.67. The summed E-state index contributed by atoms with van der Waals surface area (Å²) < 4.78 is 0. The van der Waals surface area contributed by atoms with E-state index in [1.54, 1.807) is 0 Å². The minimum atomic E-state index is 0.0774. The lowest BCUT2D eigenvalue weighted by molar-refractivity contribution is 0.0891. The first-order valence-corrected chi connectivity index (χ1v) is 7.51. The summed E-state index contributed by atoms with van der Waals surface area (Å²) in [4.78, 5) is 12.3. The van der Waals surface area contributed by atoms with Crippen molar-refractivity contribution >= 4 is 5.91 Å². The molecule has 1 aliphatic rings. The molecule has 19 heavy (non-hydrogen) atoms. The predicted molar refractivity (Wildman–Crippen MR) is 79.3 cm³/mol. The van der Waals surface area contributed by atoms with Crippen molar-refractivity contribution in [2.24, 2.45) is 11.8 Å². The molecule has 0 radical (unpaired) electrons. The molecule has 0 aromatic heterocycles. The van der Waals surface area contributed by atoms with E-state index >= 15 is 0 Å². The smallest absolute Gasteiger partial charge is 0.251 e. The van der Waals surface area contributed by atoms with Gasteiger partial charge in [0.1, 0.15) is 0 Å². The Morgan fingerprint density at radius 1 is 1.21 bits per heavy atom. The summed E-state index contributed by atoms with van der Waals surface area (Å²) in [6.07, 6.45) is 4.65. The minimum Gasteiger partial charge on any atom is -0.349 e. The molecular weight excluding hydrogens is 234 g/mol. The Hall–Kier alpha value is -1.31. The molecule has 1 amide bonds. The molecule has 3 atom stereocenters. The van der Waals surface area contributed by atoms with Crippen LogP contribution < -0.4 is 5.32 Å². The Balaban J connectivity index is 1.99. The van der Waals surface area contributed by atoms with Gasteiger partial charge in [0.15, 0.2) is 0 Å². The van der Waals surface area contributed by atoms with Gasteiger partial charge in [-0.05, 0) is 42.4 Å². The van der Waals surface area contributed by atoms with Crippen LogP contribution in [0.4, 0.5) is 0 Å². The molecule has 1 aliphatic carbocycles. The lowest BCUT2D eigenvalue weighted by atomic mass is 9.78. The zero-order chi connectivity index (χ0) is 13.8. The van der Waals surface area contributed by atoms with Crippen molar-refractivity contribution in [1.29, 1.82) is 0 Å². The van der Waals surface area contributed by atoms with E-state index in [1.165, 1.54) is 18.4 Å². The fourth-order valence-corrected chi connectivity index (χ4v) is 2.93. The predicted octanol–water partition coefficient (Wildman–Crippen LogP) is 3.80. The van der Waals surface area contributed by atoms with Gasteiger partial charge in [0, 0.05) is 11.6 Å². The highest BCUT2D eigenvalue weighted by atomic mass is 16.1. The van der Waals surface area contributed by atoms with Crippen LogP contribution in [0.25, 0.3) is 0 Å². The molecule has 2 rings (SSSR count). The summed E-state index contributed by atoms with van der Waals surface area (Å²) >= 11 is 0. The number of hydrogen-bond acceptors (Lipinski definition) is 1. The molecule has 2 nitrogen and oxygen atoms in total. The number of carbonyl (C=O) groups excluding carboxylic acids is 1. The SMILES string of the molecule is CCc1ccc(C(=O)N[C@@H]2CCC[C@@H](C)[C@@H]2C)cc1. The van der Waals surface area contributed by atoms with Gasteiger partial charge < -0.3 is 5.32 Å².